The zero-order chi connectivity index (χ0) is 14.5. The summed E-state index contributed by atoms with van der Waals surface area (Å²) in [7, 11) is 0. The molecular weight excluding hydrogens is 254 g/mol. The summed E-state index contributed by atoms with van der Waals surface area (Å²) in [5, 5.41) is 2.71. The van der Waals surface area contributed by atoms with Crippen LogP contribution in [0.25, 0.3) is 21.8 Å². The number of H-pyrrole nitrogens is 1. The maximum absolute atomic E-state index is 3.61. The summed E-state index contributed by atoms with van der Waals surface area (Å²) in [6, 6.07) is 15.3. The molecule has 0 saturated heterocycles. The summed E-state index contributed by atoms with van der Waals surface area (Å²) in [5.74, 6) is 0. The van der Waals surface area contributed by atoms with Gasteiger partial charge in [0.05, 0.1) is 0 Å². The Morgan fingerprint density at radius 1 is 0.762 bits per heavy atom. The van der Waals surface area contributed by atoms with Gasteiger partial charge in [-0.1, -0.05) is 75.4 Å². The van der Waals surface area contributed by atoms with E-state index in [0.29, 0.717) is 0 Å². The van der Waals surface area contributed by atoms with E-state index in [9.17, 15) is 0 Å². The molecule has 1 nitrogen and oxygen atoms in total. The number of para-hydroxylation sites is 2. The number of aromatic nitrogens is 1. The van der Waals surface area contributed by atoms with Gasteiger partial charge in [0, 0.05) is 21.8 Å². The van der Waals surface area contributed by atoms with Crippen molar-refractivity contribution in [2.45, 2.75) is 51.9 Å². The van der Waals surface area contributed by atoms with Gasteiger partial charge >= 0.3 is 0 Å². The summed E-state index contributed by atoms with van der Waals surface area (Å²) in [6.07, 6.45) is 9.35. The Kier molecular flexibility index (Phi) is 4.59. The summed E-state index contributed by atoms with van der Waals surface area (Å²) in [4.78, 5) is 3.61. The second kappa shape index (κ2) is 6.80. The van der Waals surface area contributed by atoms with E-state index in [1.165, 1.54) is 72.3 Å². The lowest BCUT2D eigenvalue weighted by Gasteiger charge is -2.04. The average Bonchev–Trinajstić information content (AvgIpc) is 2.90. The quantitative estimate of drug-likeness (QED) is 0.494. The van der Waals surface area contributed by atoms with E-state index in [1.807, 2.05) is 0 Å². The zero-order valence-corrected chi connectivity index (χ0v) is 13.0. The van der Waals surface area contributed by atoms with Crippen LogP contribution in [0.1, 0.15) is 51.0 Å². The molecule has 110 valence electrons. The fraction of sp³-hybridized carbons (Fsp3) is 0.400. The minimum Gasteiger partial charge on any atom is -0.354 e. The molecule has 0 aliphatic rings. The highest BCUT2D eigenvalue weighted by molar-refractivity contribution is 6.08. The number of rotatable bonds is 7. The second-order valence-electron chi connectivity index (χ2n) is 6.03. The molecule has 1 heterocycles. The summed E-state index contributed by atoms with van der Waals surface area (Å²) in [6.45, 7) is 2.27. The molecule has 0 atom stereocenters. The van der Waals surface area contributed by atoms with E-state index in [1.54, 1.807) is 0 Å². The van der Waals surface area contributed by atoms with E-state index in [-0.39, 0.29) is 0 Å². The fourth-order valence-corrected chi connectivity index (χ4v) is 3.24. The summed E-state index contributed by atoms with van der Waals surface area (Å²) >= 11 is 0. The van der Waals surface area contributed by atoms with Crippen molar-refractivity contribution in [2.75, 3.05) is 0 Å². The number of benzene rings is 2. The molecule has 0 unspecified atom stereocenters. The second-order valence-corrected chi connectivity index (χ2v) is 6.03. The maximum Gasteiger partial charge on any atom is 0.0497 e. The van der Waals surface area contributed by atoms with Crippen molar-refractivity contribution in [3.8, 4) is 0 Å². The SMILES string of the molecule is CCCCCCCCc1cccc2c1[nH]c1ccccc12. The lowest BCUT2D eigenvalue weighted by atomic mass is 10.0. The van der Waals surface area contributed by atoms with E-state index in [4.69, 9.17) is 0 Å². The van der Waals surface area contributed by atoms with Crippen LogP contribution in [0.4, 0.5) is 0 Å². The molecule has 0 saturated carbocycles. The van der Waals surface area contributed by atoms with Gasteiger partial charge in [0.15, 0.2) is 0 Å². The van der Waals surface area contributed by atoms with Gasteiger partial charge in [0.2, 0.25) is 0 Å². The zero-order valence-electron chi connectivity index (χ0n) is 13.0. The summed E-state index contributed by atoms with van der Waals surface area (Å²) in [5.41, 5.74) is 4.06. The van der Waals surface area contributed by atoms with Crippen LogP contribution in [0.2, 0.25) is 0 Å². The molecule has 0 aliphatic heterocycles. The highest BCUT2D eigenvalue weighted by atomic mass is 14.7. The Hall–Kier alpha value is -1.76. The van der Waals surface area contributed by atoms with E-state index in [2.05, 4.69) is 54.4 Å². The number of aryl methyl sites for hydroxylation is 1. The van der Waals surface area contributed by atoms with Crippen molar-refractivity contribution in [2.24, 2.45) is 0 Å². The predicted octanol–water partition coefficient (Wildman–Crippen LogP) is 6.22. The standard InChI is InChI=1S/C20H25N/c1-2-3-4-5-6-7-11-16-12-10-14-18-17-13-8-9-15-19(17)21-20(16)18/h8-10,12-15,21H,2-7,11H2,1H3. The van der Waals surface area contributed by atoms with Gasteiger partial charge in [-0.05, 0) is 24.5 Å². The Bertz CT molecular complexity index is 708. The molecule has 3 aromatic rings. The third kappa shape index (κ3) is 3.12. The molecule has 0 fully saturated rings. The Balaban J connectivity index is 1.73. The number of hydrogen-bond acceptors (Lipinski definition) is 0. The third-order valence-corrected chi connectivity index (χ3v) is 4.43. The fourth-order valence-electron chi connectivity index (χ4n) is 3.24. The number of aromatic amines is 1. The third-order valence-electron chi connectivity index (χ3n) is 4.43. The normalized spacial score (nSPS) is 11.5. The maximum atomic E-state index is 3.61. The molecule has 0 bridgehead atoms. The molecule has 1 heteroatoms. The van der Waals surface area contributed by atoms with E-state index < -0.39 is 0 Å². The molecule has 2 aromatic carbocycles. The predicted molar refractivity (Wildman–Crippen MR) is 92.9 cm³/mol. The molecule has 0 amide bonds. The van der Waals surface area contributed by atoms with Gasteiger partial charge < -0.3 is 4.98 Å². The first kappa shape index (κ1) is 14.2. The van der Waals surface area contributed by atoms with Crippen LogP contribution in [-0.4, -0.2) is 4.98 Å². The molecule has 3 rings (SSSR count). The van der Waals surface area contributed by atoms with Crippen molar-refractivity contribution < 1.29 is 0 Å². The largest absolute Gasteiger partial charge is 0.354 e. The molecule has 0 spiro atoms. The molecule has 0 aliphatic carbocycles. The molecular formula is C20H25N. The highest BCUT2D eigenvalue weighted by Crippen LogP contribution is 2.28. The first-order chi connectivity index (χ1) is 10.4. The average molecular weight is 279 g/mol. The molecule has 1 aromatic heterocycles. The number of unbranched alkanes of at least 4 members (excludes halogenated alkanes) is 5. The number of nitrogens with one attached hydrogen (secondary N) is 1. The van der Waals surface area contributed by atoms with Gasteiger partial charge in [-0.15, -0.1) is 0 Å². The van der Waals surface area contributed by atoms with Gasteiger partial charge in [-0.3, -0.25) is 0 Å². The lowest BCUT2D eigenvalue weighted by Crippen LogP contribution is -1.88. The Morgan fingerprint density at radius 3 is 2.43 bits per heavy atom. The summed E-state index contributed by atoms with van der Waals surface area (Å²) < 4.78 is 0. The van der Waals surface area contributed by atoms with Crippen molar-refractivity contribution in [3.05, 3.63) is 48.0 Å². The Labute approximate surface area is 127 Å². The van der Waals surface area contributed by atoms with Gasteiger partial charge in [0.25, 0.3) is 0 Å². The van der Waals surface area contributed by atoms with Crippen LogP contribution in [0, 0.1) is 0 Å². The smallest absolute Gasteiger partial charge is 0.0497 e. The van der Waals surface area contributed by atoms with Crippen LogP contribution in [0.15, 0.2) is 42.5 Å². The minimum absolute atomic E-state index is 1.19. The van der Waals surface area contributed by atoms with Crippen LogP contribution < -0.4 is 0 Å². The monoisotopic (exact) mass is 279 g/mol. The Morgan fingerprint density at radius 2 is 1.52 bits per heavy atom. The van der Waals surface area contributed by atoms with Crippen LogP contribution in [0.3, 0.4) is 0 Å². The van der Waals surface area contributed by atoms with Crippen molar-refractivity contribution >= 4 is 21.8 Å². The van der Waals surface area contributed by atoms with Crippen LogP contribution in [0.5, 0.6) is 0 Å². The molecule has 21 heavy (non-hydrogen) atoms. The highest BCUT2D eigenvalue weighted by Gasteiger charge is 2.07. The first-order valence-corrected chi connectivity index (χ1v) is 8.38. The van der Waals surface area contributed by atoms with Gasteiger partial charge in [0.1, 0.15) is 0 Å². The van der Waals surface area contributed by atoms with Crippen molar-refractivity contribution in [1.82, 2.24) is 4.98 Å². The molecule has 1 N–H and O–H groups in total. The lowest BCUT2D eigenvalue weighted by molar-refractivity contribution is 0.608. The van der Waals surface area contributed by atoms with E-state index >= 15 is 0 Å². The van der Waals surface area contributed by atoms with Gasteiger partial charge in [-0.25, -0.2) is 0 Å². The van der Waals surface area contributed by atoms with Crippen molar-refractivity contribution in [3.63, 3.8) is 0 Å². The number of fused-ring (bicyclic) bond motifs is 3. The van der Waals surface area contributed by atoms with Crippen molar-refractivity contribution in [1.29, 1.82) is 0 Å². The first-order valence-electron chi connectivity index (χ1n) is 8.38. The van der Waals surface area contributed by atoms with E-state index in [0.717, 1.165) is 0 Å². The minimum atomic E-state index is 1.19. The van der Waals surface area contributed by atoms with Crippen LogP contribution in [-0.2, 0) is 6.42 Å². The molecule has 0 radical (unpaired) electrons. The van der Waals surface area contributed by atoms with Gasteiger partial charge in [-0.2, -0.15) is 0 Å². The topological polar surface area (TPSA) is 15.8 Å². The van der Waals surface area contributed by atoms with Crippen LogP contribution >= 0.6 is 0 Å². The number of hydrogen-bond donors (Lipinski definition) is 1.